The van der Waals surface area contributed by atoms with Crippen LogP contribution in [0, 0.1) is 12.8 Å². The standard InChI is InChI=1S/C18H21F3N4O/c1-10-15-13(8-14(11-5-6-11)22-16(15)24(2)23-10)17(26)25-7-3-4-12(9-25)18(19,20)21/h8,11-12H,3-7,9H2,1-2H3. The maximum absolute atomic E-state index is 13.1. The third kappa shape index (κ3) is 2.95. The van der Waals surface area contributed by atoms with E-state index in [0.717, 1.165) is 18.5 Å². The number of halogens is 3. The van der Waals surface area contributed by atoms with Crippen molar-refractivity contribution >= 4 is 16.9 Å². The lowest BCUT2D eigenvalue weighted by atomic mass is 9.96. The molecular weight excluding hydrogens is 345 g/mol. The minimum absolute atomic E-state index is 0.0816. The number of nitrogens with zero attached hydrogens (tertiary/aromatic N) is 4. The molecule has 0 radical (unpaired) electrons. The summed E-state index contributed by atoms with van der Waals surface area (Å²) in [5, 5.41) is 5.01. The normalized spacial score (nSPS) is 21.4. The van der Waals surface area contributed by atoms with Gasteiger partial charge in [-0.1, -0.05) is 0 Å². The lowest BCUT2D eigenvalue weighted by Crippen LogP contribution is -2.44. The minimum Gasteiger partial charge on any atom is -0.338 e. The number of pyridine rings is 1. The highest BCUT2D eigenvalue weighted by atomic mass is 19.4. The quantitative estimate of drug-likeness (QED) is 0.817. The zero-order valence-electron chi connectivity index (χ0n) is 14.8. The fourth-order valence-corrected chi connectivity index (χ4v) is 3.82. The van der Waals surface area contributed by atoms with E-state index in [1.165, 1.54) is 4.90 Å². The Labute approximate surface area is 149 Å². The van der Waals surface area contributed by atoms with Crippen LogP contribution in [0.2, 0.25) is 0 Å². The highest BCUT2D eigenvalue weighted by molar-refractivity contribution is 6.06. The van der Waals surface area contributed by atoms with Gasteiger partial charge in [0.15, 0.2) is 5.65 Å². The molecule has 2 aliphatic rings. The summed E-state index contributed by atoms with van der Waals surface area (Å²) in [4.78, 5) is 19.1. The van der Waals surface area contributed by atoms with Crippen LogP contribution < -0.4 is 0 Å². The van der Waals surface area contributed by atoms with Crippen molar-refractivity contribution in [1.82, 2.24) is 19.7 Å². The van der Waals surface area contributed by atoms with E-state index >= 15 is 0 Å². The first-order chi connectivity index (χ1) is 12.3. The van der Waals surface area contributed by atoms with Gasteiger partial charge in [-0.3, -0.25) is 9.48 Å². The number of rotatable bonds is 2. The Kier molecular flexibility index (Phi) is 3.96. The molecule has 140 valence electrons. The number of carbonyl (C=O) groups excluding carboxylic acids is 1. The number of amides is 1. The molecule has 1 atom stereocenters. The first-order valence-electron chi connectivity index (χ1n) is 8.96. The van der Waals surface area contributed by atoms with E-state index in [1.807, 2.05) is 0 Å². The maximum atomic E-state index is 13.1. The summed E-state index contributed by atoms with van der Waals surface area (Å²) in [5.41, 5.74) is 2.57. The van der Waals surface area contributed by atoms with Gasteiger partial charge < -0.3 is 4.90 Å². The van der Waals surface area contributed by atoms with Crippen molar-refractivity contribution in [3.8, 4) is 0 Å². The van der Waals surface area contributed by atoms with Crippen LogP contribution in [0.3, 0.4) is 0 Å². The van der Waals surface area contributed by atoms with E-state index < -0.39 is 12.1 Å². The monoisotopic (exact) mass is 366 g/mol. The number of aromatic nitrogens is 3. The Balaban J connectivity index is 1.74. The number of likely N-dealkylation sites (tertiary alicyclic amines) is 1. The molecule has 2 aromatic rings. The SMILES string of the molecule is Cc1nn(C)c2nc(C3CC3)cc(C(=O)N3CCCC(C(F)(F)F)C3)c12. The van der Waals surface area contributed by atoms with Gasteiger partial charge >= 0.3 is 6.18 Å². The van der Waals surface area contributed by atoms with Crippen LogP contribution in [0.25, 0.3) is 11.0 Å². The number of alkyl halides is 3. The van der Waals surface area contributed by atoms with E-state index in [-0.39, 0.29) is 18.9 Å². The number of piperidine rings is 1. The molecule has 2 aromatic heterocycles. The Morgan fingerprint density at radius 1 is 1.27 bits per heavy atom. The molecule has 0 N–H and O–H groups in total. The molecule has 1 saturated heterocycles. The van der Waals surface area contributed by atoms with E-state index in [2.05, 4.69) is 10.1 Å². The van der Waals surface area contributed by atoms with Crippen LogP contribution in [0.5, 0.6) is 0 Å². The molecule has 0 bridgehead atoms. The summed E-state index contributed by atoms with van der Waals surface area (Å²) in [6.07, 6.45) is -1.76. The molecule has 5 nitrogen and oxygen atoms in total. The van der Waals surface area contributed by atoms with Gasteiger partial charge in [-0.15, -0.1) is 0 Å². The molecule has 1 aliphatic carbocycles. The van der Waals surface area contributed by atoms with Crippen molar-refractivity contribution in [3.63, 3.8) is 0 Å². The number of aryl methyl sites for hydroxylation is 2. The summed E-state index contributed by atoms with van der Waals surface area (Å²) in [7, 11) is 1.77. The predicted octanol–water partition coefficient (Wildman–Crippen LogP) is 3.57. The molecule has 3 heterocycles. The summed E-state index contributed by atoms with van der Waals surface area (Å²) in [5.74, 6) is -1.45. The first-order valence-corrected chi connectivity index (χ1v) is 8.96. The highest BCUT2D eigenvalue weighted by Gasteiger charge is 2.43. The Hall–Kier alpha value is -2.12. The second kappa shape index (κ2) is 5.96. The summed E-state index contributed by atoms with van der Waals surface area (Å²) < 4.78 is 41.0. The van der Waals surface area contributed by atoms with Gasteiger partial charge in [0, 0.05) is 31.7 Å². The molecule has 1 saturated carbocycles. The topological polar surface area (TPSA) is 51.0 Å². The van der Waals surface area contributed by atoms with Crippen LogP contribution in [0.15, 0.2) is 6.07 Å². The molecular formula is C18H21F3N4O. The molecule has 26 heavy (non-hydrogen) atoms. The minimum atomic E-state index is -4.27. The predicted molar refractivity (Wildman–Crippen MR) is 89.9 cm³/mol. The highest BCUT2D eigenvalue weighted by Crippen LogP contribution is 2.41. The second-order valence-electron chi connectivity index (χ2n) is 7.41. The van der Waals surface area contributed by atoms with Crippen LogP contribution >= 0.6 is 0 Å². The van der Waals surface area contributed by atoms with Crippen molar-refractivity contribution in [3.05, 3.63) is 23.0 Å². The van der Waals surface area contributed by atoms with E-state index in [1.54, 1.807) is 24.7 Å². The van der Waals surface area contributed by atoms with Gasteiger partial charge in [0.25, 0.3) is 5.91 Å². The second-order valence-corrected chi connectivity index (χ2v) is 7.41. The third-order valence-corrected chi connectivity index (χ3v) is 5.39. The summed E-state index contributed by atoms with van der Waals surface area (Å²) in [6.45, 7) is 1.88. The number of carbonyl (C=O) groups is 1. The largest absolute Gasteiger partial charge is 0.393 e. The molecule has 0 spiro atoms. The lowest BCUT2D eigenvalue weighted by Gasteiger charge is -2.34. The molecule has 8 heteroatoms. The molecule has 1 amide bonds. The molecule has 0 aromatic carbocycles. The van der Waals surface area contributed by atoms with Gasteiger partial charge in [-0.2, -0.15) is 18.3 Å². The third-order valence-electron chi connectivity index (χ3n) is 5.39. The van der Waals surface area contributed by atoms with Crippen molar-refractivity contribution in [1.29, 1.82) is 0 Å². The van der Waals surface area contributed by atoms with Gasteiger partial charge in [0.1, 0.15) is 0 Å². The Morgan fingerprint density at radius 2 is 2.00 bits per heavy atom. The van der Waals surface area contributed by atoms with E-state index in [9.17, 15) is 18.0 Å². The number of fused-ring (bicyclic) bond motifs is 1. The van der Waals surface area contributed by atoms with Crippen LogP contribution in [0.4, 0.5) is 13.2 Å². The fourth-order valence-electron chi connectivity index (χ4n) is 3.82. The molecule has 1 unspecified atom stereocenters. The smallest absolute Gasteiger partial charge is 0.338 e. The van der Waals surface area contributed by atoms with Gasteiger partial charge in [-0.25, -0.2) is 4.98 Å². The lowest BCUT2D eigenvalue weighted by molar-refractivity contribution is -0.184. The zero-order chi connectivity index (χ0) is 18.6. The van der Waals surface area contributed by atoms with Crippen molar-refractivity contribution in [2.45, 2.75) is 44.7 Å². The molecule has 1 aliphatic heterocycles. The zero-order valence-corrected chi connectivity index (χ0v) is 14.8. The number of hydrogen-bond acceptors (Lipinski definition) is 3. The van der Waals surface area contributed by atoms with E-state index in [0.29, 0.717) is 41.2 Å². The van der Waals surface area contributed by atoms with Crippen molar-refractivity contribution < 1.29 is 18.0 Å². The molecule has 4 rings (SSSR count). The average Bonchev–Trinajstić information content (AvgIpc) is 3.40. The van der Waals surface area contributed by atoms with Crippen molar-refractivity contribution in [2.24, 2.45) is 13.0 Å². The summed E-state index contributed by atoms with van der Waals surface area (Å²) in [6, 6.07) is 1.77. The molecule has 2 fully saturated rings. The fraction of sp³-hybridized carbons (Fsp3) is 0.611. The van der Waals surface area contributed by atoms with Gasteiger partial charge in [-0.05, 0) is 38.7 Å². The Bertz CT molecular complexity index is 869. The summed E-state index contributed by atoms with van der Waals surface area (Å²) >= 11 is 0. The van der Waals surface area contributed by atoms with Crippen LogP contribution in [-0.2, 0) is 7.05 Å². The van der Waals surface area contributed by atoms with Gasteiger partial charge in [0.2, 0.25) is 0 Å². The van der Waals surface area contributed by atoms with E-state index in [4.69, 9.17) is 0 Å². The maximum Gasteiger partial charge on any atom is 0.393 e. The number of hydrogen-bond donors (Lipinski definition) is 0. The Morgan fingerprint density at radius 3 is 2.65 bits per heavy atom. The average molecular weight is 366 g/mol. The van der Waals surface area contributed by atoms with Gasteiger partial charge in [0.05, 0.1) is 22.6 Å². The van der Waals surface area contributed by atoms with Crippen LogP contribution in [0.1, 0.15) is 53.3 Å². The van der Waals surface area contributed by atoms with Crippen molar-refractivity contribution in [2.75, 3.05) is 13.1 Å². The first kappa shape index (κ1) is 17.3. The van der Waals surface area contributed by atoms with Crippen LogP contribution in [-0.4, -0.2) is 44.8 Å².